The van der Waals surface area contributed by atoms with Gasteiger partial charge in [0.2, 0.25) is 10.0 Å². The Labute approximate surface area is 180 Å². The van der Waals surface area contributed by atoms with E-state index in [9.17, 15) is 13.5 Å². The first kappa shape index (κ1) is 23.3. The number of aliphatic hydroxyl groups excluding tert-OH is 1. The van der Waals surface area contributed by atoms with Crippen molar-refractivity contribution < 1.29 is 23.0 Å². The highest BCUT2D eigenvalue weighted by molar-refractivity contribution is 7.88. The maximum absolute atomic E-state index is 11.4. The van der Waals surface area contributed by atoms with Gasteiger partial charge in [0.15, 0.2) is 11.5 Å². The Hall–Kier alpha value is -1.39. The first-order valence-corrected chi connectivity index (χ1v) is 12.5. The van der Waals surface area contributed by atoms with E-state index in [0.717, 1.165) is 43.1 Å². The van der Waals surface area contributed by atoms with Crippen molar-refractivity contribution in [2.45, 2.75) is 38.5 Å². The maximum atomic E-state index is 11.4. The van der Waals surface area contributed by atoms with Gasteiger partial charge in [-0.05, 0) is 49.5 Å². The molecule has 8 nitrogen and oxygen atoms in total. The molecular formula is C21H35N3O5S. The minimum Gasteiger partial charge on any atom is -0.493 e. The lowest BCUT2D eigenvalue weighted by Crippen LogP contribution is -2.42. The topological polar surface area (TPSA) is 91.3 Å². The largest absolute Gasteiger partial charge is 0.493 e. The summed E-state index contributed by atoms with van der Waals surface area (Å²) in [4.78, 5) is 4.47. The number of piperidine rings is 1. The minimum atomic E-state index is -3.35. The molecule has 0 radical (unpaired) electrons. The molecule has 2 atom stereocenters. The number of aliphatic hydroxyl groups is 1. The first-order valence-electron chi connectivity index (χ1n) is 10.6. The highest BCUT2D eigenvalue weighted by atomic mass is 32.2. The Kier molecular flexibility index (Phi) is 7.98. The van der Waals surface area contributed by atoms with Gasteiger partial charge in [-0.15, -0.1) is 0 Å². The predicted octanol–water partition coefficient (Wildman–Crippen LogP) is 0.900. The molecule has 170 valence electrons. The number of likely N-dealkylation sites (tertiary alicyclic amines) is 2. The lowest BCUT2D eigenvalue weighted by molar-refractivity contribution is 0.158. The second kappa shape index (κ2) is 10.3. The highest BCUT2D eigenvalue weighted by Crippen LogP contribution is 2.29. The standard InChI is InChI=1S/C21H35N3O5S/c1-16-6-8-23(9-7-16)10-11-29-20-5-4-17(12-21(20)28-2)13-24-14-18(19(25)15-24)22-30(3,26)27/h4-5,12,16,18-19,22,25H,6-11,13-15H2,1-3H3/t18-,19-/m1/s1. The van der Waals surface area contributed by atoms with Crippen LogP contribution in [0.4, 0.5) is 0 Å². The van der Waals surface area contributed by atoms with Crippen LogP contribution in [0.15, 0.2) is 18.2 Å². The van der Waals surface area contributed by atoms with Gasteiger partial charge in [-0.2, -0.15) is 0 Å². The quantitative estimate of drug-likeness (QED) is 0.588. The van der Waals surface area contributed by atoms with Crippen LogP contribution in [-0.4, -0.2) is 88.2 Å². The van der Waals surface area contributed by atoms with Crippen molar-refractivity contribution in [1.29, 1.82) is 0 Å². The zero-order valence-electron chi connectivity index (χ0n) is 18.2. The monoisotopic (exact) mass is 441 g/mol. The molecule has 2 N–H and O–H groups in total. The molecule has 2 saturated heterocycles. The highest BCUT2D eigenvalue weighted by Gasteiger charge is 2.33. The fraction of sp³-hybridized carbons (Fsp3) is 0.714. The van der Waals surface area contributed by atoms with Crippen LogP contribution in [0.2, 0.25) is 0 Å². The van der Waals surface area contributed by atoms with Crippen LogP contribution in [0.25, 0.3) is 0 Å². The summed E-state index contributed by atoms with van der Waals surface area (Å²) in [5.41, 5.74) is 1.02. The first-order chi connectivity index (χ1) is 14.2. The molecule has 0 aliphatic carbocycles. The normalized spacial score (nSPS) is 24.3. The Bertz CT molecular complexity index is 796. The molecule has 3 rings (SSSR count). The van der Waals surface area contributed by atoms with Crippen LogP contribution in [0.1, 0.15) is 25.3 Å². The number of rotatable bonds is 9. The van der Waals surface area contributed by atoms with Gasteiger partial charge < -0.3 is 14.6 Å². The Morgan fingerprint density at radius 1 is 1.17 bits per heavy atom. The van der Waals surface area contributed by atoms with E-state index >= 15 is 0 Å². The summed E-state index contributed by atoms with van der Waals surface area (Å²) >= 11 is 0. The molecule has 0 saturated carbocycles. The van der Waals surface area contributed by atoms with E-state index in [-0.39, 0.29) is 0 Å². The number of hydrogen-bond donors (Lipinski definition) is 2. The van der Waals surface area contributed by atoms with Crippen molar-refractivity contribution in [2.24, 2.45) is 5.92 Å². The number of sulfonamides is 1. The van der Waals surface area contributed by atoms with Crippen LogP contribution >= 0.6 is 0 Å². The molecule has 0 unspecified atom stereocenters. The average Bonchev–Trinajstić information content (AvgIpc) is 3.01. The van der Waals surface area contributed by atoms with E-state index in [0.29, 0.717) is 32.0 Å². The van der Waals surface area contributed by atoms with Crippen LogP contribution < -0.4 is 14.2 Å². The number of nitrogens with zero attached hydrogens (tertiary/aromatic N) is 2. The van der Waals surface area contributed by atoms with Crippen molar-refractivity contribution in [3.8, 4) is 11.5 Å². The number of nitrogens with one attached hydrogen (secondary N) is 1. The summed E-state index contributed by atoms with van der Waals surface area (Å²) < 4.78 is 36.9. The van der Waals surface area contributed by atoms with Crippen molar-refractivity contribution in [1.82, 2.24) is 14.5 Å². The minimum absolute atomic E-state index is 0.419. The van der Waals surface area contributed by atoms with Gasteiger partial charge in [0, 0.05) is 26.2 Å². The van der Waals surface area contributed by atoms with E-state index < -0.39 is 22.2 Å². The van der Waals surface area contributed by atoms with Crippen molar-refractivity contribution in [3.63, 3.8) is 0 Å². The predicted molar refractivity (Wildman–Crippen MR) is 116 cm³/mol. The molecule has 1 aromatic rings. The number of benzene rings is 1. The summed E-state index contributed by atoms with van der Waals surface area (Å²) in [6.45, 7) is 7.60. The van der Waals surface area contributed by atoms with Crippen LogP contribution in [0.3, 0.4) is 0 Å². The van der Waals surface area contributed by atoms with Crippen LogP contribution in [0, 0.1) is 5.92 Å². The summed E-state index contributed by atoms with van der Waals surface area (Å²) in [5.74, 6) is 2.24. The van der Waals surface area contributed by atoms with Gasteiger partial charge in [0.05, 0.1) is 25.5 Å². The van der Waals surface area contributed by atoms with Gasteiger partial charge in [-0.25, -0.2) is 13.1 Å². The van der Waals surface area contributed by atoms with Gasteiger partial charge in [-0.3, -0.25) is 9.80 Å². The van der Waals surface area contributed by atoms with E-state index in [4.69, 9.17) is 9.47 Å². The SMILES string of the molecule is COc1cc(CN2C[C@@H](O)[C@H](NS(C)(=O)=O)C2)ccc1OCCN1CCC(C)CC1. The van der Waals surface area contributed by atoms with Gasteiger partial charge >= 0.3 is 0 Å². The Morgan fingerprint density at radius 3 is 2.57 bits per heavy atom. The molecule has 9 heteroatoms. The number of β-amino-alcohol motifs (C(OH)–C–C–N with tert-alkyl or cyclic N) is 1. The Balaban J connectivity index is 1.51. The van der Waals surface area contributed by atoms with Crippen LogP contribution in [0.5, 0.6) is 11.5 Å². The molecule has 30 heavy (non-hydrogen) atoms. The number of methoxy groups -OCH3 is 1. The van der Waals surface area contributed by atoms with E-state index in [2.05, 4.69) is 16.5 Å². The lowest BCUT2D eigenvalue weighted by atomic mass is 9.99. The summed E-state index contributed by atoms with van der Waals surface area (Å²) in [6, 6.07) is 5.37. The second-order valence-electron chi connectivity index (χ2n) is 8.62. The lowest BCUT2D eigenvalue weighted by Gasteiger charge is -2.30. The number of ether oxygens (including phenoxy) is 2. The summed E-state index contributed by atoms with van der Waals surface area (Å²) in [6.07, 6.45) is 2.90. The smallest absolute Gasteiger partial charge is 0.209 e. The molecule has 0 amide bonds. The third-order valence-electron chi connectivity index (χ3n) is 5.91. The van der Waals surface area contributed by atoms with Crippen molar-refractivity contribution in [3.05, 3.63) is 23.8 Å². The van der Waals surface area contributed by atoms with Gasteiger partial charge in [-0.1, -0.05) is 13.0 Å². The van der Waals surface area contributed by atoms with E-state index in [1.54, 1.807) is 7.11 Å². The number of hydrogen-bond acceptors (Lipinski definition) is 7. The zero-order valence-corrected chi connectivity index (χ0v) is 19.0. The molecule has 2 aliphatic heterocycles. The van der Waals surface area contributed by atoms with Crippen molar-refractivity contribution in [2.75, 3.05) is 52.7 Å². The molecule has 1 aromatic carbocycles. The summed E-state index contributed by atoms with van der Waals surface area (Å²) in [5, 5.41) is 10.1. The molecule has 2 aliphatic rings. The Morgan fingerprint density at radius 2 is 1.90 bits per heavy atom. The fourth-order valence-electron chi connectivity index (χ4n) is 4.14. The van der Waals surface area contributed by atoms with E-state index in [1.165, 1.54) is 12.8 Å². The molecule has 2 fully saturated rings. The van der Waals surface area contributed by atoms with Crippen molar-refractivity contribution >= 4 is 10.0 Å². The molecular weight excluding hydrogens is 406 g/mol. The fourth-order valence-corrected chi connectivity index (χ4v) is 4.93. The molecule has 0 bridgehead atoms. The van der Waals surface area contributed by atoms with Gasteiger partial charge in [0.1, 0.15) is 6.61 Å². The molecule has 2 heterocycles. The zero-order chi connectivity index (χ0) is 21.7. The summed E-state index contributed by atoms with van der Waals surface area (Å²) in [7, 11) is -1.72. The third kappa shape index (κ3) is 6.81. The van der Waals surface area contributed by atoms with Crippen LogP contribution in [-0.2, 0) is 16.6 Å². The average molecular weight is 442 g/mol. The van der Waals surface area contributed by atoms with Gasteiger partial charge in [0.25, 0.3) is 0 Å². The maximum Gasteiger partial charge on any atom is 0.209 e. The second-order valence-corrected chi connectivity index (χ2v) is 10.4. The van der Waals surface area contributed by atoms with E-state index in [1.807, 2.05) is 23.1 Å². The third-order valence-corrected chi connectivity index (χ3v) is 6.64. The molecule has 0 aromatic heterocycles. The molecule has 0 spiro atoms.